The number of sulfonamides is 1. The molecule has 10 nitrogen and oxygen atoms in total. The van der Waals surface area contributed by atoms with Gasteiger partial charge in [0.25, 0.3) is 10.0 Å². The first-order valence-electron chi connectivity index (χ1n) is 6.87. The molecule has 11 heteroatoms. The second-order valence-corrected chi connectivity index (χ2v) is 7.12. The summed E-state index contributed by atoms with van der Waals surface area (Å²) in [5, 5.41) is 11.4. The van der Waals surface area contributed by atoms with Crippen LogP contribution >= 0.6 is 0 Å². The Kier molecular flexibility index (Phi) is 3.60. The number of aryl methyl sites for hydroxylation is 3. The number of imidazole rings is 1. The highest BCUT2D eigenvalue weighted by atomic mass is 32.2. The van der Waals surface area contributed by atoms with Crippen molar-refractivity contribution in [3.63, 3.8) is 0 Å². The molecule has 2 aromatic rings. The summed E-state index contributed by atoms with van der Waals surface area (Å²) in [6.45, 7) is 3.62. The van der Waals surface area contributed by atoms with Crippen LogP contribution in [0.25, 0.3) is 0 Å². The fraction of sp³-hybridized carbons (Fsp3) is 0.636. The van der Waals surface area contributed by atoms with Gasteiger partial charge in [-0.15, -0.1) is 0 Å². The SMILES string of the molecule is Cc1nc(S(=O)(=O)N2CCN(c3nnnn3C)CC2)cn1C. The first-order valence-corrected chi connectivity index (χ1v) is 8.31. The minimum atomic E-state index is -3.55. The molecule has 22 heavy (non-hydrogen) atoms. The molecule has 1 aliphatic heterocycles. The van der Waals surface area contributed by atoms with Crippen molar-refractivity contribution in [2.24, 2.45) is 14.1 Å². The molecule has 0 saturated carbocycles. The van der Waals surface area contributed by atoms with E-state index in [9.17, 15) is 8.42 Å². The molecule has 0 aliphatic carbocycles. The van der Waals surface area contributed by atoms with Gasteiger partial charge in [-0.2, -0.15) is 4.31 Å². The summed E-state index contributed by atoms with van der Waals surface area (Å²) in [6, 6.07) is 0. The van der Waals surface area contributed by atoms with Crippen molar-refractivity contribution in [1.29, 1.82) is 0 Å². The zero-order valence-corrected chi connectivity index (χ0v) is 13.5. The van der Waals surface area contributed by atoms with Crippen LogP contribution in [0.5, 0.6) is 0 Å². The van der Waals surface area contributed by atoms with Crippen LogP contribution in [0.4, 0.5) is 5.95 Å². The van der Waals surface area contributed by atoms with Gasteiger partial charge in [0.05, 0.1) is 0 Å². The molecule has 0 atom stereocenters. The van der Waals surface area contributed by atoms with E-state index in [1.807, 2.05) is 4.90 Å². The Bertz CT molecular complexity index is 752. The molecular weight excluding hydrogens is 308 g/mol. The van der Waals surface area contributed by atoms with E-state index in [1.165, 1.54) is 4.31 Å². The molecule has 120 valence electrons. The topological polar surface area (TPSA) is 102 Å². The van der Waals surface area contributed by atoms with Gasteiger partial charge in [0.15, 0.2) is 5.03 Å². The van der Waals surface area contributed by atoms with Crippen LogP contribution in [-0.2, 0) is 24.1 Å². The van der Waals surface area contributed by atoms with Crippen LogP contribution in [0.1, 0.15) is 5.82 Å². The zero-order valence-electron chi connectivity index (χ0n) is 12.7. The first-order chi connectivity index (χ1) is 10.4. The molecule has 0 radical (unpaired) electrons. The second-order valence-electron chi connectivity index (χ2n) is 5.23. The Balaban J connectivity index is 1.74. The molecule has 0 unspecified atom stereocenters. The summed E-state index contributed by atoms with van der Waals surface area (Å²) >= 11 is 0. The highest BCUT2D eigenvalue weighted by Gasteiger charge is 2.31. The predicted octanol–water partition coefficient (Wildman–Crippen LogP) is -1.24. The number of hydrogen-bond donors (Lipinski definition) is 0. The summed E-state index contributed by atoms with van der Waals surface area (Å²) in [5.41, 5.74) is 0. The average molecular weight is 326 g/mol. The van der Waals surface area contributed by atoms with Crippen LogP contribution < -0.4 is 4.90 Å². The van der Waals surface area contributed by atoms with Gasteiger partial charge in [-0.1, -0.05) is 5.10 Å². The third kappa shape index (κ3) is 2.46. The van der Waals surface area contributed by atoms with E-state index in [0.29, 0.717) is 38.0 Å². The van der Waals surface area contributed by atoms with Crippen molar-refractivity contribution >= 4 is 16.0 Å². The molecule has 0 bridgehead atoms. The van der Waals surface area contributed by atoms with Crippen LogP contribution in [0, 0.1) is 6.92 Å². The Labute approximate surface area is 128 Å². The third-order valence-electron chi connectivity index (χ3n) is 3.81. The third-order valence-corrected chi connectivity index (χ3v) is 5.58. The van der Waals surface area contributed by atoms with Gasteiger partial charge in [-0.25, -0.2) is 18.1 Å². The van der Waals surface area contributed by atoms with Crippen molar-refractivity contribution in [2.45, 2.75) is 11.9 Å². The van der Waals surface area contributed by atoms with Crippen LogP contribution in [0.2, 0.25) is 0 Å². The van der Waals surface area contributed by atoms with Crippen LogP contribution in [0.15, 0.2) is 11.2 Å². The lowest BCUT2D eigenvalue weighted by Crippen LogP contribution is -2.49. The molecule has 0 amide bonds. The number of nitrogens with zero attached hydrogens (tertiary/aromatic N) is 8. The monoisotopic (exact) mass is 326 g/mol. The lowest BCUT2D eigenvalue weighted by Gasteiger charge is -2.33. The Morgan fingerprint density at radius 1 is 1.14 bits per heavy atom. The van der Waals surface area contributed by atoms with Gasteiger partial charge in [0.1, 0.15) is 5.82 Å². The normalized spacial score (nSPS) is 17.1. The molecule has 1 fully saturated rings. The highest BCUT2D eigenvalue weighted by Crippen LogP contribution is 2.18. The number of piperazine rings is 1. The fourth-order valence-electron chi connectivity index (χ4n) is 2.40. The maximum absolute atomic E-state index is 12.6. The number of aromatic nitrogens is 6. The largest absolute Gasteiger partial charge is 0.337 e. The number of tetrazole rings is 1. The van der Waals surface area contributed by atoms with Crippen molar-refractivity contribution < 1.29 is 8.42 Å². The highest BCUT2D eigenvalue weighted by molar-refractivity contribution is 7.89. The van der Waals surface area contributed by atoms with E-state index in [2.05, 4.69) is 20.5 Å². The first kappa shape index (κ1) is 14.9. The zero-order chi connectivity index (χ0) is 15.9. The lowest BCUT2D eigenvalue weighted by molar-refractivity contribution is 0.379. The molecule has 3 rings (SSSR count). The van der Waals surface area contributed by atoms with Gasteiger partial charge >= 0.3 is 0 Å². The fourth-order valence-corrected chi connectivity index (χ4v) is 3.85. The molecule has 0 N–H and O–H groups in total. The van der Waals surface area contributed by atoms with Gasteiger partial charge < -0.3 is 9.47 Å². The Morgan fingerprint density at radius 2 is 1.82 bits per heavy atom. The average Bonchev–Trinajstić information content (AvgIpc) is 3.06. The number of rotatable bonds is 3. The second kappa shape index (κ2) is 5.32. The maximum atomic E-state index is 12.6. The van der Waals surface area contributed by atoms with Crippen LogP contribution in [0.3, 0.4) is 0 Å². The van der Waals surface area contributed by atoms with Crippen molar-refractivity contribution in [3.05, 3.63) is 12.0 Å². The Hall–Kier alpha value is -2.01. The maximum Gasteiger partial charge on any atom is 0.262 e. The molecule has 1 aliphatic rings. The molecule has 0 aromatic carbocycles. The minimum absolute atomic E-state index is 0.0984. The summed E-state index contributed by atoms with van der Waals surface area (Å²) in [6.07, 6.45) is 1.55. The summed E-state index contributed by atoms with van der Waals surface area (Å²) in [4.78, 5) is 6.09. The van der Waals surface area contributed by atoms with E-state index < -0.39 is 10.0 Å². The lowest BCUT2D eigenvalue weighted by atomic mass is 10.4. The predicted molar refractivity (Wildman–Crippen MR) is 77.7 cm³/mol. The minimum Gasteiger partial charge on any atom is -0.337 e. The molecule has 0 spiro atoms. The van der Waals surface area contributed by atoms with Gasteiger partial charge in [-0.3, -0.25) is 0 Å². The quantitative estimate of drug-likeness (QED) is 0.695. The summed E-state index contributed by atoms with van der Waals surface area (Å²) in [5.74, 6) is 1.31. The van der Waals surface area contributed by atoms with E-state index in [1.54, 1.807) is 36.5 Å². The molecule has 1 saturated heterocycles. The van der Waals surface area contributed by atoms with E-state index in [-0.39, 0.29) is 5.03 Å². The van der Waals surface area contributed by atoms with Gasteiger partial charge in [0, 0.05) is 46.5 Å². The smallest absolute Gasteiger partial charge is 0.262 e. The van der Waals surface area contributed by atoms with E-state index in [4.69, 9.17) is 0 Å². The number of anilines is 1. The van der Waals surface area contributed by atoms with E-state index in [0.717, 1.165) is 0 Å². The van der Waals surface area contributed by atoms with E-state index >= 15 is 0 Å². The van der Waals surface area contributed by atoms with Crippen molar-refractivity contribution in [2.75, 3.05) is 31.1 Å². The van der Waals surface area contributed by atoms with Gasteiger partial charge in [-0.05, 0) is 17.4 Å². The van der Waals surface area contributed by atoms with Crippen LogP contribution in [-0.4, -0.2) is 68.7 Å². The molecular formula is C11H18N8O2S. The Morgan fingerprint density at radius 3 is 2.32 bits per heavy atom. The van der Waals surface area contributed by atoms with Crippen molar-refractivity contribution in [3.8, 4) is 0 Å². The molecule has 2 aromatic heterocycles. The molecule has 3 heterocycles. The standard InChI is InChI=1S/C11H18N8O2S/c1-9-12-10(8-16(9)2)22(20,21)19-6-4-18(5-7-19)11-13-14-15-17(11)3/h8H,4-7H2,1-3H3. The van der Waals surface area contributed by atoms with Crippen molar-refractivity contribution in [1.82, 2.24) is 34.1 Å². The van der Waals surface area contributed by atoms with Gasteiger partial charge in [0.2, 0.25) is 5.95 Å². The number of hydrogen-bond acceptors (Lipinski definition) is 7. The summed E-state index contributed by atoms with van der Waals surface area (Å²) in [7, 11) is -0.0126. The summed E-state index contributed by atoms with van der Waals surface area (Å²) < 4.78 is 29.9.